The zero-order valence-electron chi connectivity index (χ0n) is 10.0. The fraction of sp³-hybridized carbons (Fsp3) is 0.462. The summed E-state index contributed by atoms with van der Waals surface area (Å²) in [5.41, 5.74) is 1.01. The molecular formula is C13H18N2O2. The van der Waals surface area contributed by atoms with Gasteiger partial charge in [-0.1, -0.05) is 12.1 Å². The first kappa shape index (κ1) is 11.9. The minimum atomic E-state index is 0.0869. The Kier molecular flexibility index (Phi) is 3.98. The van der Waals surface area contributed by atoms with Crippen LogP contribution in [-0.4, -0.2) is 32.1 Å². The predicted octanol–water partition coefficient (Wildman–Crippen LogP) is 0.716. The largest absolute Gasteiger partial charge is 0.497 e. The maximum atomic E-state index is 11.8. The molecule has 1 aliphatic heterocycles. The van der Waals surface area contributed by atoms with Gasteiger partial charge in [-0.25, -0.2) is 0 Å². The van der Waals surface area contributed by atoms with Crippen LogP contribution in [0.2, 0.25) is 0 Å². The molecule has 1 heterocycles. The quantitative estimate of drug-likeness (QED) is 0.807. The number of carbonyl (C=O) groups is 1. The molecule has 92 valence electrons. The number of methoxy groups -OCH3 is 1. The Morgan fingerprint density at radius 2 is 2.24 bits per heavy atom. The van der Waals surface area contributed by atoms with E-state index in [4.69, 9.17) is 4.74 Å². The second kappa shape index (κ2) is 5.68. The highest BCUT2D eigenvalue weighted by Crippen LogP contribution is 2.11. The van der Waals surface area contributed by atoms with Crippen molar-refractivity contribution >= 4 is 5.91 Å². The first-order valence-electron chi connectivity index (χ1n) is 5.91. The van der Waals surface area contributed by atoms with Gasteiger partial charge < -0.3 is 15.4 Å². The summed E-state index contributed by atoms with van der Waals surface area (Å²) < 4.78 is 5.07. The van der Waals surface area contributed by atoms with Gasteiger partial charge >= 0.3 is 0 Å². The van der Waals surface area contributed by atoms with Gasteiger partial charge in [0.2, 0.25) is 5.91 Å². The second-order valence-corrected chi connectivity index (χ2v) is 4.28. The third-order valence-corrected chi connectivity index (χ3v) is 2.95. The van der Waals surface area contributed by atoms with Crippen LogP contribution in [0.1, 0.15) is 12.0 Å². The number of hydrogen-bond acceptors (Lipinski definition) is 3. The lowest BCUT2D eigenvalue weighted by Crippen LogP contribution is -2.37. The lowest BCUT2D eigenvalue weighted by molar-refractivity contribution is -0.121. The van der Waals surface area contributed by atoms with E-state index in [9.17, 15) is 4.79 Å². The van der Waals surface area contributed by atoms with E-state index in [-0.39, 0.29) is 5.91 Å². The fourth-order valence-electron chi connectivity index (χ4n) is 1.99. The highest BCUT2D eigenvalue weighted by Gasteiger charge is 2.16. The van der Waals surface area contributed by atoms with Crippen LogP contribution in [0.3, 0.4) is 0 Å². The van der Waals surface area contributed by atoms with Gasteiger partial charge in [-0.3, -0.25) is 4.79 Å². The Bertz CT molecular complexity index is 370. The van der Waals surface area contributed by atoms with Gasteiger partial charge in [0, 0.05) is 12.6 Å². The molecule has 1 aromatic carbocycles. The van der Waals surface area contributed by atoms with Crippen molar-refractivity contribution in [1.82, 2.24) is 10.6 Å². The zero-order chi connectivity index (χ0) is 12.1. The van der Waals surface area contributed by atoms with E-state index in [1.807, 2.05) is 24.3 Å². The van der Waals surface area contributed by atoms with Gasteiger partial charge in [-0.05, 0) is 30.7 Å². The number of nitrogens with one attached hydrogen (secondary N) is 2. The van der Waals surface area contributed by atoms with Gasteiger partial charge in [-0.2, -0.15) is 0 Å². The summed E-state index contributed by atoms with van der Waals surface area (Å²) in [4.78, 5) is 11.8. The molecule has 1 amide bonds. The van der Waals surface area contributed by atoms with Crippen LogP contribution in [-0.2, 0) is 11.2 Å². The molecule has 0 radical (unpaired) electrons. The maximum Gasteiger partial charge on any atom is 0.224 e. The van der Waals surface area contributed by atoms with Crippen molar-refractivity contribution < 1.29 is 9.53 Å². The van der Waals surface area contributed by atoms with Crippen LogP contribution in [0.25, 0.3) is 0 Å². The number of amides is 1. The van der Waals surface area contributed by atoms with Crippen LogP contribution < -0.4 is 15.4 Å². The molecule has 0 aliphatic carbocycles. The average molecular weight is 234 g/mol. The molecule has 1 aliphatic rings. The SMILES string of the molecule is COc1ccc(CC(=O)NC2CCNC2)cc1. The molecule has 1 atom stereocenters. The minimum Gasteiger partial charge on any atom is -0.497 e. The van der Waals surface area contributed by atoms with E-state index in [2.05, 4.69) is 10.6 Å². The summed E-state index contributed by atoms with van der Waals surface area (Å²) in [6, 6.07) is 7.89. The Morgan fingerprint density at radius 1 is 1.47 bits per heavy atom. The first-order chi connectivity index (χ1) is 8.28. The summed E-state index contributed by atoms with van der Waals surface area (Å²) in [5.74, 6) is 0.901. The standard InChI is InChI=1S/C13H18N2O2/c1-17-12-4-2-10(3-5-12)8-13(16)15-11-6-7-14-9-11/h2-5,11,14H,6-9H2,1H3,(H,15,16). The Balaban J connectivity index is 1.84. The summed E-state index contributed by atoms with van der Waals surface area (Å²) >= 11 is 0. The van der Waals surface area contributed by atoms with Crippen molar-refractivity contribution in [3.63, 3.8) is 0 Å². The smallest absolute Gasteiger partial charge is 0.224 e. The third kappa shape index (κ3) is 3.46. The molecule has 1 fully saturated rings. The fourth-order valence-corrected chi connectivity index (χ4v) is 1.99. The van der Waals surface area contributed by atoms with Gasteiger partial charge in [0.25, 0.3) is 0 Å². The summed E-state index contributed by atoms with van der Waals surface area (Å²) in [6.07, 6.45) is 1.45. The molecule has 1 unspecified atom stereocenters. The summed E-state index contributed by atoms with van der Waals surface area (Å²) in [6.45, 7) is 1.88. The Labute approximate surface area is 101 Å². The van der Waals surface area contributed by atoms with E-state index in [1.54, 1.807) is 7.11 Å². The minimum absolute atomic E-state index is 0.0869. The van der Waals surface area contributed by atoms with Crippen LogP contribution in [0.15, 0.2) is 24.3 Å². The molecule has 4 nitrogen and oxygen atoms in total. The molecule has 2 N–H and O–H groups in total. The molecule has 0 aromatic heterocycles. The van der Waals surface area contributed by atoms with Crippen LogP contribution in [0, 0.1) is 0 Å². The highest BCUT2D eigenvalue weighted by atomic mass is 16.5. The van der Waals surface area contributed by atoms with Crippen molar-refractivity contribution in [3.8, 4) is 5.75 Å². The monoisotopic (exact) mass is 234 g/mol. The molecule has 1 aromatic rings. The molecular weight excluding hydrogens is 216 g/mol. The normalized spacial score (nSPS) is 19.0. The summed E-state index contributed by atoms with van der Waals surface area (Å²) in [5, 5.41) is 6.25. The van der Waals surface area contributed by atoms with E-state index >= 15 is 0 Å². The molecule has 0 spiro atoms. The number of carbonyl (C=O) groups excluding carboxylic acids is 1. The Morgan fingerprint density at radius 3 is 2.82 bits per heavy atom. The van der Waals surface area contributed by atoms with E-state index in [0.717, 1.165) is 30.8 Å². The lowest BCUT2D eigenvalue weighted by Gasteiger charge is -2.11. The molecule has 17 heavy (non-hydrogen) atoms. The number of benzene rings is 1. The number of hydrogen-bond donors (Lipinski definition) is 2. The van der Waals surface area contributed by atoms with Gasteiger partial charge in [0.15, 0.2) is 0 Å². The van der Waals surface area contributed by atoms with E-state index in [0.29, 0.717) is 12.5 Å². The summed E-state index contributed by atoms with van der Waals surface area (Å²) in [7, 11) is 1.63. The highest BCUT2D eigenvalue weighted by molar-refractivity contribution is 5.78. The molecule has 4 heteroatoms. The van der Waals surface area contributed by atoms with Crippen molar-refractivity contribution in [1.29, 1.82) is 0 Å². The lowest BCUT2D eigenvalue weighted by atomic mass is 10.1. The molecule has 2 rings (SSSR count). The third-order valence-electron chi connectivity index (χ3n) is 2.95. The van der Waals surface area contributed by atoms with Crippen LogP contribution >= 0.6 is 0 Å². The maximum absolute atomic E-state index is 11.8. The molecule has 0 saturated carbocycles. The van der Waals surface area contributed by atoms with Crippen molar-refractivity contribution in [2.24, 2.45) is 0 Å². The van der Waals surface area contributed by atoms with Crippen molar-refractivity contribution in [2.45, 2.75) is 18.9 Å². The second-order valence-electron chi connectivity index (χ2n) is 4.28. The van der Waals surface area contributed by atoms with Gasteiger partial charge in [0.05, 0.1) is 13.5 Å². The van der Waals surface area contributed by atoms with Crippen LogP contribution in [0.5, 0.6) is 5.75 Å². The van der Waals surface area contributed by atoms with Crippen molar-refractivity contribution in [2.75, 3.05) is 20.2 Å². The predicted molar refractivity (Wildman–Crippen MR) is 66.1 cm³/mol. The number of ether oxygens (including phenoxy) is 1. The molecule has 1 saturated heterocycles. The van der Waals surface area contributed by atoms with E-state index < -0.39 is 0 Å². The zero-order valence-corrected chi connectivity index (χ0v) is 10.0. The van der Waals surface area contributed by atoms with E-state index in [1.165, 1.54) is 0 Å². The topological polar surface area (TPSA) is 50.4 Å². The average Bonchev–Trinajstić information content (AvgIpc) is 2.82. The first-order valence-corrected chi connectivity index (χ1v) is 5.91. The van der Waals surface area contributed by atoms with Gasteiger partial charge in [0.1, 0.15) is 5.75 Å². The Hall–Kier alpha value is -1.55. The number of rotatable bonds is 4. The van der Waals surface area contributed by atoms with Crippen molar-refractivity contribution in [3.05, 3.63) is 29.8 Å². The molecule has 0 bridgehead atoms. The van der Waals surface area contributed by atoms with Gasteiger partial charge in [-0.15, -0.1) is 0 Å². The van der Waals surface area contributed by atoms with Crippen LogP contribution in [0.4, 0.5) is 0 Å².